The van der Waals surface area contributed by atoms with E-state index in [9.17, 15) is 0 Å². The summed E-state index contributed by atoms with van der Waals surface area (Å²) in [5, 5.41) is 8.49. The molecule has 1 aliphatic rings. The molecule has 1 aliphatic carbocycles. The first kappa shape index (κ1) is 8.33. The molecule has 1 saturated carbocycles. The van der Waals surface area contributed by atoms with Crippen LogP contribution < -0.4 is 0 Å². The highest BCUT2D eigenvalue weighted by Crippen LogP contribution is 2.44. The lowest BCUT2D eigenvalue weighted by Crippen LogP contribution is -2.03. The number of nitrogens with zero attached hydrogens (tertiary/aromatic N) is 1. The van der Waals surface area contributed by atoms with Gasteiger partial charge in [-0.05, 0) is 24.2 Å². The minimum Gasteiger partial charge on any atom is -0.193 e. The zero-order chi connectivity index (χ0) is 8.48. The summed E-state index contributed by atoms with van der Waals surface area (Å²) in [5.74, 6) is 0.615. The van der Waals surface area contributed by atoms with Crippen molar-refractivity contribution in [2.75, 3.05) is 0 Å². The maximum absolute atomic E-state index is 8.49. The molecule has 1 fully saturated rings. The number of hydrogen-bond acceptors (Lipinski definition) is 1. The van der Waals surface area contributed by atoms with Gasteiger partial charge in [-0.3, -0.25) is 0 Å². The zero-order valence-corrected chi connectivity index (χ0v) is 7.52. The smallest absolute Gasteiger partial charge is 0.0911 e. The van der Waals surface area contributed by atoms with Gasteiger partial charge >= 0.3 is 0 Å². The molecular formula is C10H15N. The van der Waals surface area contributed by atoms with Crippen molar-refractivity contribution in [2.24, 2.45) is 11.3 Å². The highest BCUT2D eigenvalue weighted by Gasteiger charge is 2.31. The first-order valence-corrected chi connectivity index (χ1v) is 4.14. The minimum absolute atomic E-state index is 0.419. The predicted octanol–water partition coefficient (Wildman–Crippen LogP) is 2.89. The normalized spacial score (nSPS) is 32.2. The lowest BCUT2D eigenvalue weighted by Gasteiger charge is -2.14. The van der Waals surface area contributed by atoms with Crippen LogP contribution >= 0.6 is 0 Å². The molecular weight excluding hydrogens is 134 g/mol. The molecule has 0 spiro atoms. The van der Waals surface area contributed by atoms with Crippen LogP contribution in [-0.4, -0.2) is 0 Å². The van der Waals surface area contributed by atoms with Crippen molar-refractivity contribution in [1.82, 2.24) is 0 Å². The summed E-state index contributed by atoms with van der Waals surface area (Å²) in [5.41, 5.74) is 1.75. The predicted molar refractivity (Wildman–Crippen MR) is 45.9 cm³/mol. The van der Waals surface area contributed by atoms with E-state index in [1.165, 1.54) is 12.0 Å². The molecule has 0 aromatic carbocycles. The van der Waals surface area contributed by atoms with E-state index < -0.39 is 0 Å². The molecule has 0 aromatic rings. The molecule has 0 radical (unpaired) electrons. The van der Waals surface area contributed by atoms with Crippen molar-refractivity contribution in [3.63, 3.8) is 0 Å². The first-order valence-electron chi connectivity index (χ1n) is 4.14. The summed E-state index contributed by atoms with van der Waals surface area (Å²) in [6, 6.07) is 2.12. The zero-order valence-electron chi connectivity index (χ0n) is 7.52. The fraction of sp³-hybridized carbons (Fsp3) is 0.700. The van der Waals surface area contributed by atoms with Gasteiger partial charge in [0.1, 0.15) is 0 Å². The standard InChI is InChI=1S/C10H15N/c1-8-6-10(2,3)7-9(8)4-5-11/h4,8H,6-7H2,1-3H3/b9-4-. The van der Waals surface area contributed by atoms with E-state index in [2.05, 4.69) is 26.8 Å². The topological polar surface area (TPSA) is 23.8 Å². The number of nitriles is 1. The van der Waals surface area contributed by atoms with E-state index in [1.807, 2.05) is 0 Å². The molecule has 11 heavy (non-hydrogen) atoms. The Hall–Kier alpha value is -0.770. The van der Waals surface area contributed by atoms with Gasteiger partial charge < -0.3 is 0 Å². The molecule has 1 heteroatoms. The van der Waals surface area contributed by atoms with Crippen LogP contribution in [0.1, 0.15) is 33.6 Å². The Morgan fingerprint density at radius 1 is 1.64 bits per heavy atom. The van der Waals surface area contributed by atoms with E-state index in [-0.39, 0.29) is 0 Å². The number of hydrogen-bond donors (Lipinski definition) is 0. The second-order valence-corrected chi connectivity index (χ2v) is 4.29. The van der Waals surface area contributed by atoms with E-state index in [1.54, 1.807) is 6.08 Å². The fourth-order valence-electron chi connectivity index (χ4n) is 2.04. The molecule has 1 rings (SSSR count). The molecule has 1 unspecified atom stereocenters. The van der Waals surface area contributed by atoms with Crippen molar-refractivity contribution in [1.29, 1.82) is 5.26 Å². The van der Waals surface area contributed by atoms with Crippen LogP contribution in [0.15, 0.2) is 11.6 Å². The SMILES string of the molecule is CC1CC(C)(C)C/C1=C/C#N. The number of rotatable bonds is 0. The highest BCUT2D eigenvalue weighted by atomic mass is 14.4. The van der Waals surface area contributed by atoms with Gasteiger partial charge in [-0.15, -0.1) is 0 Å². The molecule has 60 valence electrons. The quantitative estimate of drug-likeness (QED) is 0.486. The molecule has 0 aliphatic heterocycles. The summed E-state index contributed by atoms with van der Waals surface area (Å²) in [6.07, 6.45) is 4.04. The molecule has 1 atom stereocenters. The maximum Gasteiger partial charge on any atom is 0.0911 e. The Bertz CT molecular complexity index is 218. The fourth-order valence-corrected chi connectivity index (χ4v) is 2.04. The van der Waals surface area contributed by atoms with Crippen molar-refractivity contribution in [2.45, 2.75) is 33.6 Å². The van der Waals surface area contributed by atoms with E-state index >= 15 is 0 Å². The molecule has 0 saturated heterocycles. The Balaban J connectivity index is 2.76. The van der Waals surface area contributed by atoms with Crippen molar-refractivity contribution < 1.29 is 0 Å². The van der Waals surface area contributed by atoms with Crippen LogP contribution in [0.5, 0.6) is 0 Å². The van der Waals surface area contributed by atoms with Crippen LogP contribution in [0.25, 0.3) is 0 Å². The van der Waals surface area contributed by atoms with Crippen LogP contribution in [0.2, 0.25) is 0 Å². The second-order valence-electron chi connectivity index (χ2n) is 4.29. The van der Waals surface area contributed by atoms with Crippen LogP contribution in [0.3, 0.4) is 0 Å². The van der Waals surface area contributed by atoms with E-state index in [0.29, 0.717) is 11.3 Å². The third kappa shape index (κ3) is 1.83. The van der Waals surface area contributed by atoms with Gasteiger partial charge in [0.2, 0.25) is 0 Å². The Labute approximate surface area is 68.7 Å². The lowest BCUT2D eigenvalue weighted by atomic mass is 9.91. The Morgan fingerprint density at radius 3 is 2.64 bits per heavy atom. The van der Waals surface area contributed by atoms with Gasteiger partial charge in [-0.25, -0.2) is 0 Å². The molecule has 0 N–H and O–H groups in total. The lowest BCUT2D eigenvalue weighted by molar-refractivity contribution is 0.367. The summed E-state index contributed by atoms with van der Waals surface area (Å²) in [4.78, 5) is 0. The van der Waals surface area contributed by atoms with Gasteiger partial charge in [-0.1, -0.05) is 26.3 Å². The van der Waals surface area contributed by atoms with Crippen LogP contribution in [-0.2, 0) is 0 Å². The molecule has 0 heterocycles. The summed E-state index contributed by atoms with van der Waals surface area (Å²) >= 11 is 0. The highest BCUT2D eigenvalue weighted by molar-refractivity contribution is 5.21. The van der Waals surface area contributed by atoms with E-state index in [0.717, 1.165) is 6.42 Å². The summed E-state index contributed by atoms with van der Waals surface area (Å²) in [7, 11) is 0. The van der Waals surface area contributed by atoms with Gasteiger partial charge in [0.25, 0.3) is 0 Å². The van der Waals surface area contributed by atoms with Gasteiger partial charge in [0, 0.05) is 6.08 Å². The Kier molecular flexibility index (Phi) is 2.04. The van der Waals surface area contributed by atoms with Crippen molar-refractivity contribution >= 4 is 0 Å². The monoisotopic (exact) mass is 149 g/mol. The van der Waals surface area contributed by atoms with Gasteiger partial charge in [0.05, 0.1) is 6.07 Å². The van der Waals surface area contributed by atoms with Crippen molar-refractivity contribution in [3.8, 4) is 6.07 Å². The average Bonchev–Trinajstić information content (AvgIpc) is 2.07. The molecule has 0 bridgehead atoms. The summed E-state index contributed by atoms with van der Waals surface area (Å²) in [6.45, 7) is 6.74. The van der Waals surface area contributed by atoms with Crippen molar-refractivity contribution in [3.05, 3.63) is 11.6 Å². The minimum atomic E-state index is 0.419. The largest absolute Gasteiger partial charge is 0.193 e. The molecule has 0 amide bonds. The third-order valence-electron chi connectivity index (χ3n) is 2.42. The second kappa shape index (κ2) is 2.70. The summed E-state index contributed by atoms with van der Waals surface area (Å²) < 4.78 is 0. The average molecular weight is 149 g/mol. The third-order valence-corrected chi connectivity index (χ3v) is 2.42. The molecule has 1 nitrogen and oxygen atoms in total. The van der Waals surface area contributed by atoms with E-state index in [4.69, 9.17) is 5.26 Å². The first-order chi connectivity index (χ1) is 5.05. The number of allylic oxidation sites excluding steroid dienone is 2. The maximum atomic E-state index is 8.49. The van der Waals surface area contributed by atoms with Crippen LogP contribution in [0.4, 0.5) is 0 Å². The molecule has 0 aromatic heterocycles. The van der Waals surface area contributed by atoms with Crippen LogP contribution in [0, 0.1) is 22.7 Å². The van der Waals surface area contributed by atoms with Gasteiger partial charge in [-0.2, -0.15) is 5.26 Å². The van der Waals surface area contributed by atoms with Gasteiger partial charge in [0.15, 0.2) is 0 Å². The Morgan fingerprint density at radius 2 is 2.27 bits per heavy atom.